The Morgan fingerprint density at radius 3 is 2.46 bits per heavy atom. The van der Waals surface area contributed by atoms with E-state index in [1.165, 1.54) is 6.20 Å². The van der Waals surface area contributed by atoms with Crippen molar-refractivity contribution >= 4 is 34.0 Å². The maximum absolute atomic E-state index is 15.0. The van der Waals surface area contributed by atoms with E-state index in [9.17, 15) is 4.39 Å². The average Bonchev–Trinajstić information content (AvgIpc) is 2.62. The van der Waals surface area contributed by atoms with E-state index in [-0.39, 0.29) is 5.82 Å². The van der Waals surface area contributed by atoms with Gasteiger partial charge in [0.1, 0.15) is 17.2 Å². The molecule has 0 spiro atoms. The highest BCUT2D eigenvalue weighted by Gasteiger charge is 2.22. The Morgan fingerprint density at radius 1 is 1.00 bits per heavy atom. The van der Waals surface area contributed by atoms with Crippen molar-refractivity contribution in [2.24, 2.45) is 0 Å². The number of benzene rings is 1. The van der Waals surface area contributed by atoms with E-state index in [1.54, 1.807) is 12.1 Å². The number of nitrogens with zero attached hydrogens (tertiary/aromatic N) is 5. The maximum Gasteiger partial charge on any atom is 0.172 e. The summed E-state index contributed by atoms with van der Waals surface area (Å²) < 4.78 is 15.0. The van der Waals surface area contributed by atoms with Gasteiger partial charge >= 0.3 is 0 Å². The summed E-state index contributed by atoms with van der Waals surface area (Å²) in [4.78, 5) is 17.3. The Hall–Kier alpha value is -2.47. The highest BCUT2D eigenvalue weighted by Crippen LogP contribution is 2.30. The Morgan fingerprint density at radius 2 is 1.73 bits per heavy atom. The Kier molecular flexibility index (Phi) is 4.36. The fourth-order valence-corrected chi connectivity index (χ4v) is 3.63. The van der Waals surface area contributed by atoms with Crippen molar-refractivity contribution in [2.75, 3.05) is 36.0 Å². The van der Waals surface area contributed by atoms with Crippen molar-refractivity contribution in [2.45, 2.75) is 13.8 Å². The van der Waals surface area contributed by atoms with Gasteiger partial charge in [0, 0.05) is 49.5 Å². The Labute approximate surface area is 156 Å². The van der Waals surface area contributed by atoms with Gasteiger partial charge in [-0.15, -0.1) is 0 Å². The predicted octanol–water partition coefficient (Wildman–Crippen LogP) is 3.76. The Bertz CT molecular complexity index is 949. The van der Waals surface area contributed by atoms with Gasteiger partial charge in [0.25, 0.3) is 0 Å². The number of hydrogen-bond donors (Lipinski definition) is 0. The number of aryl methyl sites for hydroxylation is 2. The number of aromatic nitrogens is 3. The molecule has 1 aliphatic rings. The van der Waals surface area contributed by atoms with Gasteiger partial charge < -0.3 is 9.80 Å². The predicted molar refractivity (Wildman–Crippen MR) is 103 cm³/mol. The zero-order chi connectivity index (χ0) is 18.3. The van der Waals surface area contributed by atoms with Crippen LogP contribution in [0.25, 0.3) is 10.9 Å². The molecule has 5 nitrogen and oxygen atoms in total. The highest BCUT2D eigenvalue weighted by atomic mass is 35.5. The summed E-state index contributed by atoms with van der Waals surface area (Å²) in [6.45, 7) is 6.84. The van der Waals surface area contributed by atoms with E-state index in [4.69, 9.17) is 11.6 Å². The van der Waals surface area contributed by atoms with Gasteiger partial charge in [-0.1, -0.05) is 11.6 Å². The SMILES string of the molecule is Cc1cc(N2CCN(c3ccc4c(Cl)ccnc4c3F)CC2)nc(C)n1. The minimum absolute atomic E-state index is 0.313. The van der Waals surface area contributed by atoms with Crippen LogP contribution in [0.4, 0.5) is 15.9 Å². The second kappa shape index (κ2) is 6.68. The molecule has 1 fully saturated rings. The molecule has 0 saturated carbocycles. The zero-order valence-electron chi connectivity index (χ0n) is 14.7. The fourth-order valence-electron chi connectivity index (χ4n) is 3.42. The largest absolute Gasteiger partial charge is 0.366 e. The van der Waals surface area contributed by atoms with E-state index in [2.05, 4.69) is 24.8 Å². The van der Waals surface area contributed by atoms with Crippen LogP contribution in [0.2, 0.25) is 5.02 Å². The molecule has 1 saturated heterocycles. The number of pyridine rings is 1. The molecule has 7 heteroatoms. The number of halogens is 2. The van der Waals surface area contributed by atoms with Crippen LogP contribution in [0.1, 0.15) is 11.5 Å². The Balaban J connectivity index is 1.56. The van der Waals surface area contributed by atoms with Crippen LogP contribution in [-0.2, 0) is 0 Å². The van der Waals surface area contributed by atoms with Crippen LogP contribution in [-0.4, -0.2) is 41.1 Å². The van der Waals surface area contributed by atoms with Gasteiger partial charge in [0.15, 0.2) is 5.82 Å². The smallest absolute Gasteiger partial charge is 0.172 e. The number of anilines is 2. The second-order valence-corrected chi connectivity index (χ2v) is 6.88. The molecule has 1 aromatic carbocycles. The molecule has 2 aromatic heterocycles. The molecule has 0 aliphatic carbocycles. The maximum atomic E-state index is 15.0. The first-order valence-corrected chi connectivity index (χ1v) is 8.95. The van der Waals surface area contributed by atoms with Crippen molar-refractivity contribution in [3.05, 3.63) is 52.8 Å². The number of piperazine rings is 1. The molecule has 3 aromatic rings. The minimum atomic E-state index is -0.313. The molecule has 4 rings (SSSR count). The molecule has 3 heterocycles. The van der Waals surface area contributed by atoms with Crippen LogP contribution in [0.5, 0.6) is 0 Å². The van der Waals surface area contributed by atoms with Gasteiger partial charge in [-0.05, 0) is 32.0 Å². The van der Waals surface area contributed by atoms with Crippen molar-refractivity contribution in [1.82, 2.24) is 15.0 Å². The minimum Gasteiger partial charge on any atom is -0.366 e. The van der Waals surface area contributed by atoms with Crippen LogP contribution in [0.3, 0.4) is 0 Å². The third-order valence-electron chi connectivity index (χ3n) is 4.67. The summed E-state index contributed by atoms with van der Waals surface area (Å²) in [6, 6.07) is 7.30. The first-order valence-electron chi connectivity index (χ1n) is 8.58. The molecule has 0 atom stereocenters. The molecule has 0 bridgehead atoms. The molecule has 0 amide bonds. The summed E-state index contributed by atoms with van der Waals surface area (Å²) in [6.07, 6.45) is 1.54. The first-order chi connectivity index (χ1) is 12.5. The lowest BCUT2D eigenvalue weighted by atomic mass is 10.1. The standard InChI is InChI=1S/C19H19ClFN5/c1-12-11-17(24-13(2)23-12)26-9-7-25(8-10-26)16-4-3-14-15(20)5-6-22-19(14)18(16)21/h3-6,11H,7-10H2,1-2H3. The van der Waals surface area contributed by atoms with Crippen LogP contribution in [0.15, 0.2) is 30.5 Å². The number of fused-ring (bicyclic) bond motifs is 1. The topological polar surface area (TPSA) is 45.2 Å². The molecular formula is C19H19ClFN5. The van der Waals surface area contributed by atoms with Gasteiger partial charge in [-0.3, -0.25) is 4.98 Å². The molecule has 0 unspecified atom stereocenters. The second-order valence-electron chi connectivity index (χ2n) is 6.48. The van der Waals surface area contributed by atoms with E-state index < -0.39 is 0 Å². The number of hydrogen-bond acceptors (Lipinski definition) is 5. The quantitative estimate of drug-likeness (QED) is 0.686. The molecule has 134 valence electrons. The van der Waals surface area contributed by atoms with E-state index in [0.29, 0.717) is 34.7 Å². The molecule has 0 radical (unpaired) electrons. The summed E-state index contributed by atoms with van der Waals surface area (Å²) in [5.74, 6) is 1.39. The van der Waals surface area contributed by atoms with E-state index in [0.717, 1.165) is 30.4 Å². The van der Waals surface area contributed by atoms with Gasteiger partial charge in [-0.2, -0.15) is 0 Å². The lowest BCUT2D eigenvalue weighted by Gasteiger charge is -2.37. The monoisotopic (exact) mass is 371 g/mol. The van der Waals surface area contributed by atoms with Crippen molar-refractivity contribution in [1.29, 1.82) is 0 Å². The molecule has 0 N–H and O–H groups in total. The highest BCUT2D eigenvalue weighted by molar-refractivity contribution is 6.35. The first kappa shape index (κ1) is 17.0. The lowest BCUT2D eigenvalue weighted by Crippen LogP contribution is -2.47. The average molecular weight is 372 g/mol. The molecular weight excluding hydrogens is 353 g/mol. The van der Waals surface area contributed by atoms with Crippen molar-refractivity contribution in [3.8, 4) is 0 Å². The third-order valence-corrected chi connectivity index (χ3v) is 5.00. The third kappa shape index (κ3) is 3.05. The zero-order valence-corrected chi connectivity index (χ0v) is 15.5. The lowest BCUT2D eigenvalue weighted by molar-refractivity contribution is 0.601. The molecule has 1 aliphatic heterocycles. The van der Waals surface area contributed by atoms with Gasteiger partial charge in [-0.25, -0.2) is 14.4 Å². The summed E-state index contributed by atoms with van der Waals surface area (Å²) >= 11 is 6.14. The van der Waals surface area contributed by atoms with Gasteiger partial charge in [0.05, 0.1) is 10.7 Å². The summed E-state index contributed by atoms with van der Waals surface area (Å²) in [7, 11) is 0. The van der Waals surface area contributed by atoms with Crippen LogP contribution in [0, 0.1) is 19.7 Å². The van der Waals surface area contributed by atoms with E-state index >= 15 is 0 Å². The van der Waals surface area contributed by atoms with Crippen molar-refractivity contribution < 1.29 is 4.39 Å². The van der Waals surface area contributed by atoms with Gasteiger partial charge in [0.2, 0.25) is 0 Å². The van der Waals surface area contributed by atoms with Crippen molar-refractivity contribution in [3.63, 3.8) is 0 Å². The summed E-state index contributed by atoms with van der Waals surface area (Å²) in [5.41, 5.74) is 1.85. The normalized spacial score (nSPS) is 14.9. The fraction of sp³-hybridized carbons (Fsp3) is 0.316. The van der Waals surface area contributed by atoms with Crippen LogP contribution < -0.4 is 9.80 Å². The molecule has 26 heavy (non-hydrogen) atoms. The van der Waals surface area contributed by atoms with E-state index in [1.807, 2.05) is 26.0 Å². The summed E-state index contributed by atoms with van der Waals surface area (Å²) in [5, 5.41) is 1.15. The van der Waals surface area contributed by atoms with Crippen LogP contribution >= 0.6 is 11.6 Å². The number of rotatable bonds is 2.